The molecule has 0 saturated heterocycles. The topological polar surface area (TPSA) is 88.9 Å². The number of halogens is 2. The van der Waals surface area contributed by atoms with Crippen molar-refractivity contribution in [2.24, 2.45) is 0 Å². The fourth-order valence-corrected chi connectivity index (χ4v) is 2.76. The Morgan fingerprint density at radius 3 is 2.73 bits per heavy atom. The minimum absolute atomic E-state index is 0.0637. The Labute approximate surface area is 135 Å². The molecule has 2 heterocycles. The molecule has 1 aromatic heterocycles. The maximum atomic E-state index is 12.1. The predicted molar refractivity (Wildman–Crippen MR) is 82.1 cm³/mol. The highest BCUT2D eigenvalue weighted by atomic mass is 35.5. The molecule has 2 aromatic rings. The van der Waals surface area contributed by atoms with Gasteiger partial charge < -0.3 is 5.32 Å². The number of aromatic nitrogens is 3. The third-order valence-electron chi connectivity index (χ3n) is 3.10. The van der Waals surface area contributed by atoms with Crippen LogP contribution in [0.15, 0.2) is 18.2 Å². The van der Waals surface area contributed by atoms with E-state index < -0.39 is 6.04 Å². The zero-order chi connectivity index (χ0) is 15.9. The normalized spacial score (nSPS) is 16.3. The van der Waals surface area contributed by atoms with Crippen LogP contribution in [-0.4, -0.2) is 26.6 Å². The lowest BCUT2D eigenvalue weighted by atomic mass is 10.2. The van der Waals surface area contributed by atoms with Crippen molar-refractivity contribution in [1.82, 2.24) is 14.8 Å². The quantitative estimate of drug-likeness (QED) is 0.898. The van der Waals surface area contributed by atoms with Crippen LogP contribution >= 0.6 is 23.2 Å². The highest BCUT2D eigenvalue weighted by Gasteiger charge is 2.34. The average Bonchev–Trinajstić information content (AvgIpc) is 2.86. The number of rotatable bonds is 3. The van der Waals surface area contributed by atoms with Gasteiger partial charge in [0.1, 0.15) is 11.9 Å². The van der Waals surface area contributed by atoms with Crippen LogP contribution in [-0.2, 0) is 9.59 Å². The monoisotopic (exact) mass is 339 g/mol. The van der Waals surface area contributed by atoms with Crippen LogP contribution < -0.4 is 10.6 Å². The number of hydrogen-bond donors (Lipinski definition) is 2. The van der Waals surface area contributed by atoms with Gasteiger partial charge in [-0.1, -0.05) is 23.2 Å². The first-order valence-electron chi connectivity index (χ1n) is 6.42. The molecule has 0 fully saturated rings. The lowest BCUT2D eigenvalue weighted by molar-refractivity contribution is -0.123. The highest BCUT2D eigenvalue weighted by molar-refractivity contribution is 6.35. The van der Waals surface area contributed by atoms with Gasteiger partial charge in [0.2, 0.25) is 11.9 Å². The summed E-state index contributed by atoms with van der Waals surface area (Å²) >= 11 is 11.7. The molecule has 2 amide bonds. The maximum Gasteiger partial charge on any atom is 0.252 e. The van der Waals surface area contributed by atoms with E-state index in [0.29, 0.717) is 27.5 Å². The first-order chi connectivity index (χ1) is 10.4. The van der Waals surface area contributed by atoms with Crippen molar-refractivity contribution in [3.8, 4) is 0 Å². The number of carbonyl (C=O) groups excluding carboxylic acids is 2. The third-order valence-corrected chi connectivity index (χ3v) is 3.53. The maximum absolute atomic E-state index is 12.1. The second kappa shape index (κ2) is 5.58. The zero-order valence-electron chi connectivity index (χ0n) is 11.4. The lowest BCUT2D eigenvalue weighted by Gasteiger charge is -2.10. The van der Waals surface area contributed by atoms with Crippen molar-refractivity contribution in [3.05, 3.63) is 34.1 Å². The highest BCUT2D eigenvalue weighted by Crippen LogP contribution is 2.26. The van der Waals surface area contributed by atoms with Crippen LogP contribution in [0.1, 0.15) is 18.3 Å². The van der Waals surface area contributed by atoms with Crippen LogP contribution in [0.25, 0.3) is 0 Å². The van der Waals surface area contributed by atoms with Crippen LogP contribution in [0, 0.1) is 6.92 Å². The molecule has 0 saturated carbocycles. The number of benzene rings is 1. The Morgan fingerprint density at radius 2 is 2.05 bits per heavy atom. The molecule has 1 aliphatic rings. The van der Waals surface area contributed by atoms with E-state index in [1.165, 1.54) is 4.68 Å². The van der Waals surface area contributed by atoms with Gasteiger partial charge in [-0.25, -0.2) is 4.68 Å². The minimum atomic E-state index is -0.717. The SMILES string of the molecule is Cc1nc2n(n1)[C@H](CC(=O)Nc1cc(Cl)cc(Cl)c1)C(=O)N2. The lowest BCUT2D eigenvalue weighted by Crippen LogP contribution is -2.23. The first-order valence-corrected chi connectivity index (χ1v) is 7.18. The standard InChI is InChI=1S/C13H11Cl2N5O2/c1-6-16-13-18-12(22)10(20(13)19-6)5-11(21)17-9-3-7(14)2-8(15)4-9/h2-4,10H,5H2,1H3,(H,17,21)(H,16,18,19,22)/t10-/m1/s1. The number of nitrogens with one attached hydrogen (secondary N) is 2. The van der Waals surface area contributed by atoms with Gasteiger partial charge in [0.25, 0.3) is 5.91 Å². The molecule has 0 spiro atoms. The van der Waals surface area contributed by atoms with Gasteiger partial charge in [-0.2, -0.15) is 10.1 Å². The number of carbonyl (C=O) groups is 2. The van der Waals surface area contributed by atoms with Gasteiger partial charge >= 0.3 is 0 Å². The smallest absolute Gasteiger partial charge is 0.252 e. The predicted octanol–water partition coefficient (Wildman–Crippen LogP) is 2.42. The number of nitrogens with zero attached hydrogens (tertiary/aromatic N) is 3. The van der Waals surface area contributed by atoms with Crippen molar-refractivity contribution in [2.75, 3.05) is 10.6 Å². The molecule has 22 heavy (non-hydrogen) atoms. The summed E-state index contributed by atoms with van der Waals surface area (Å²) in [5.41, 5.74) is 0.468. The number of hydrogen-bond acceptors (Lipinski definition) is 4. The van der Waals surface area contributed by atoms with Crippen LogP contribution in [0.3, 0.4) is 0 Å². The molecule has 0 unspecified atom stereocenters. The molecule has 0 radical (unpaired) electrons. The van der Waals surface area contributed by atoms with Gasteiger partial charge in [-0.15, -0.1) is 0 Å². The fraction of sp³-hybridized carbons (Fsp3) is 0.231. The van der Waals surface area contributed by atoms with Crippen molar-refractivity contribution in [3.63, 3.8) is 0 Å². The van der Waals surface area contributed by atoms with E-state index >= 15 is 0 Å². The van der Waals surface area contributed by atoms with Crippen LogP contribution in [0.4, 0.5) is 11.6 Å². The molecule has 0 aliphatic carbocycles. The van der Waals surface area contributed by atoms with Gasteiger partial charge in [0, 0.05) is 15.7 Å². The molecule has 9 heteroatoms. The molecule has 1 aliphatic heterocycles. The zero-order valence-corrected chi connectivity index (χ0v) is 12.9. The van der Waals surface area contributed by atoms with E-state index in [9.17, 15) is 9.59 Å². The first kappa shape index (κ1) is 14.8. The number of anilines is 2. The molecule has 114 valence electrons. The van der Waals surface area contributed by atoms with E-state index in [1.54, 1.807) is 25.1 Å². The molecule has 0 bridgehead atoms. The Balaban J connectivity index is 1.73. The minimum Gasteiger partial charge on any atom is -0.326 e. The number of amides is 2. The summed E-state index contributed by atoms with van der Waals surface area (Å²) in [6, 6.07) is 4.00. The van der Waals surface area contributed by atoms with E-state index in [1.807, 2.05) is 0 Å². The Kier molecular flexibility index (Phi) is 3.76. The fourth-order valence-electron chi connectivity index (χ4n) is 2.23. The van der Waals surface area contributed by atoms with Crippen molar-refractivity contribution < 1.29 is 9.59 Å². The van der Waals surface area contributed by atoms with Crippen molar-refractivity contribution in [2.45, 2.75) is 19.4 Å². The van der Waals surface area contributed by atoms with Crippen LogP contribution in [0.2, 0.25) is 10.0 Å². The molecule has 2 N–H and O–H groups in total. The summed E-state index contributed by atoms with van der Waals surface area (Å²) in [6.07, 6.45) is -0.0637. The summed E-state index contributed by atoms with van der Waals surface area (Å²) in [6.45, 7) is 1.71. The molecule has 1 aromatic carbocycles. The van der Waals surface area contributed by atoms with Crippen molar-refractivity contribution >= 4 is 46.7 Å². The molecular formula is C13H11Cl2N5O2. The van der Waals surface area contributed by atoms with Crippen molar-refractivity contribution in [1.29, 1.82) is 0 Å². The summed E-state index contributed by atoms with van der Waals surface area (Å²) in [5, 5.41) is 10.2. The van der Waals surface area contributed by atoms with E-state index in [-0.39, 0.29) is 18.2 Å². The molecule has 3 rings (SSSR count). The summed E-state index contributed by atoms with van der Waals surface area (Å²) < 4.78 is 1.42. The summed E-state index contributed by atoms with van der Waals surface area (Å²) in [5.74, 6) is 0.224. The third kappa shape index (κ3) is 2.90. The summed E-state index contributed by atoms with van der Waals surface area (Å²) in [4.78, 5) is 28.0. The molecular weight excluding hydrogens is 329 g/mol. The number of fused-ring (bicyclic) bond motifs is 1. The van der Waals surface area contributed by atoms with Gasteiger partial charge in [-0.05, 0) is 25.1 Å². The largest absolute Gasteiger partial charge is 0.326 e. The van der Waals surface area contributed by atoms with Gasteiger partial charge in [0.05, 0.1) is 6.42 Å². The Hall–Kier alpha value is -2.12. The Morgan fingerprint density at radius 1 is 1.36 bits per heavy atom. The Bertz CT molecular complexity index is 754. The second-order valence-corrected chi connectivity index (χ2v) is 5.72. The molecule has 7 nitrogen and oxygen atoms in total. The summed E-state index contributed by atoms with van der Waals surface area (Å²) in [7, 11) is 0. The molecule has 1 atom stereocenters. The average molecular weight is 340 g/mol. The second-order valence-electron chi connectivity index (χ2n) is 4.84. The van der Waals surface area contributed by atoms with E-state index in [0.717, 1.165) is 0 Å². The van der Waals surface area contributed by atoms with Gasteiger partial charge in [0.15, 0.2) is 0 Å². The van der Waals surface area contributed by atoms with E-state index in [4.69, 9.17) is 23.2 Å². The van der Waals surface area contributed by atoms with Gasteiger partial charge in [-0.3, -0.25) is 14.9 Å². The van der Waals surface area contributed by atoms with Crippen LogP contribution in [0.5, 0.6) is 0 Å². The van der Waals surface area contributed by atoms with E-state index in [2.05, 4.69) is 20.7 Å². The number of aryl methyl sites for hydroxylation is 1.